The molecule has 1 fully saturated rings. The van der Waals surface area contributed by atoms with Crippen molar-refractivity contribution in [2.75, 3.05) is 31.6 Å². The van der Waals surface area contributed by atoms with Crippen LogP contribution in [0.5, 0.6) is 0 Å². The highest BCUT2D eigenvalue weighted by Gasteiger charge is 2.21. The van der Waals surface area contributed by atoms with E-state index in [1.807, 2.05) is 25.4 Å². The Balaban J connectivity index is 0.00000300. The van der Waals surface area contributed by atoms with Crippen LogP contribution in [-0.2, 0) is 6.54 Å². The van der Waals surface area contributed by atoms with Gasteiger partial charge in [-0.05, 0) is 50.8 Å². The summed E-state index contributed by atoms with van der Waals surface area (Å²) in [5, 5.41) is 6.93. The van der Waals surface area contributed by atoms with Crippen LogP contribution in [0.25, 0.3) is 0 Å². The second-order valence-corrected chi connectivity index (χ2v) is 7.28. The molecule has 8 heteroatoms. The number of benzene rings is 1. The molecule has 1 atom stereocenters. The van der Waals surface area contributed by atoms with Crippen LogP contribution in [0.4, 0.5) is 10.1 Å². The maximum absolute atomic E-state index is 13.5. The first-order valence-corrected chi connectivity index (χ1v) is 10.1. The van der Waals surface area contributed by atoms with Crippen LogP contribution in [0, 0.1) is 12.7 Å². The van der Waals surface area contributed by atoms with Crippen molar-refractivity contribution >= 4 is 35.6 Å². The van der Waals surface area contributed by atoms with Gasteiger partial charge in [0.05, 0.1) is 0 Å². The minimum Gasteiger partial charge on any atom is -0.369 e. The van der Waals surface area contributed by atoms with Gasteiger partial charge in [0, 0.05) is 57.3 Å². The fourth-order valence-corrected chi connectivity index (χ4v) is 3.64. The number of hydrogen-bond acceptors (Lipinski definition) is 3. The van der Waals surface area contributed by atoms with Gasteiger partial charge in [0.25, 0.3) is 0 Å². The van der Waals surface area contributed by atoms with Crippen LogP contribution in [0.1, 0.15) is 31.5 Å². The molecule has 2 heterocycles. The summed E-state index contributed by atoms with van der Waals surface area (Å²) >= 11 is 0. The van der Waals surface area contributed by atoms with Crippen molar-refractivity contribution in [2.24, 2.45) is 4.99 Å². The first-order chi connectivity index (χ1) is 13.7. The molecule has 0 spiro atoms. The van der Waals surface area contributed by atoms with Crippen LogP contribution in [0.15, 0.2) is 41.7 Å². The number of unbranched alkanes of at least 4 members (excludes halogenated alkanes) is 1. The zero-order valence-corrected chi connectivity index (χ0v) is 19.6. The molecule has 29 heavy (non-hydrogen) atoms. The lowest BCUT2D eigenvalue weighted by Gasteiger charge is -2.35. The maximum Gasteiger partial charge on any atom is 0.191 e. The van der Waals surface area contributed by atoms with Crippen LogP contribution in [-0.4, -0.2) is 48.2 Å². The van der Waals surface area contributed by atoms with Gasteiger partial charge in [-0.2, -0.15) is 0 Å². The van der Waals surface area contributed by atoms with Gasteiger partial charge in [-0.3, -0.25) is 4.99 Å². The summed E-state index contributed by atoms with van der Waals surface area (Å²) in [7, 11) is 1.80. The van der Waals surface area contributed by atoms with Gasteiger partial charge in [0.2, 0.25) is 0 Å². The van der Waals surface area contributed by atoms with E-state index in [1.165, 1.54) is 6.07 Å². The predicted octanol–water partition coefficient (Wildman–Crippen LogP) is 3.56. The zero-order valence-electron chi connectivity index (χ0n) is 17.3. The number of nitrogens with zero attached hydrogens (tertiary/aromatic N) is 4. The molecular formula is C21H32FIN6. The lowest BCUT2D eigenvalue weighted by Crippen LogP contribution is -2.51. The molecule has 1 aromatic carbocycles. The van der Waals surface area contributed by atoms with Gasteiger partial charge >= 0.3 is 0 Å². The lowest BCUT2D eigenvalue weighted by molar-refractivity contribution is 0.466. The number of guanidine groups is 1. The Kier molecular flexibility index (Phi) is 9.69. The normalized spacial score (nSPS) is 17.0. The minimum atomic E-state index is -0.184. The number of aromatic nitrogens is 2. The first-order valence-electron chi connectivity index (χ1n) is 10.1. The van der Waals surface area contributed by atoms with Crippen LogP contribution < -0.4 is 15.5 Å². The molecule has 6 nitrogen and oxygen atoms in total. The Labute approximate surface area is 190 Å². The van der Waals surface area contributed by atoms with E-state index in [-0.39, 0.29) is 29.8 Å². The molecule has 0 aliphatic carbocycles. The molecule has 0 amide bonds. The average molecular weight is 514 g/mol. The van der Waals surface area contributed by atoms with E-state index < -0.39 is 0 Å². The molecular weight excluding hydrogens is 482 g/mol. The molecule has 1 unspecified atom stereocenters. The number of hydrogen-bond donors (Lipinski definition) is 2. The quantitative estimate of drug-likeness (QED) is 0.257. The van der Waals surface area contributed by atoms with Crippen LogP contribution in [0.2, 0.25) is 0 Å². The van der Waals surface area contributed by atoms with Crippen molar-refractivity contribution in [1.29, 1.82) is 0 Å². The van der Waals surface area contributed by atoms with Crippen molar-refractivity contribution < 1.29 is 4.39 Å². The number of aryl methyl sites for hydroxylation is 2. The summed E-state index contributed by atoms with van der Waals surface area (Å²) in [6.45, 7) is 5.71. The van der Waals surface area contributed by atoms with Crippen molar-refractivity contribution in [3.8, 4) is 0 Å². The molecule has 2 aromatic rings. The Hall–Kier alpha value is -1.84. The summed E-state index contributed by atoms with van der Waals surface area (Å²) in [5.41, 5.74) is 0.948. The molecule has 1 aliphatic rings. The van der Waals surface area contributed by atoms with E-state index in [1.54, 1.807) is 19.2 Å². The van der Waals surface area contributed by atoms with E-state index in [4.69, 9.17) is 0 Å². The molecule has 3 rings (SSSR count). The monoisotopic (exact) mass is 514 g/mol. The number of imidazole rings is 1. The standard InChI is InChI=1S/C21H31FN6.HI/c1-17-24-11-14-27(17)12-4-3-10-25-21(23-2)26-19-8-6-13-28(16-19)20-9-5-7-18(22)15-20;/h5,7,9,11,14-15,19H,3-4,6,8,10,12-13,16H2,1-2H3,(H2,23,25,26);1H. The molecule has 1 saturated heterocycles. The van der Waals surface area contributed by atoms with Gasteiger partial charge in [0.1, 0.15) is 11.6 Å². The summed E-state index contributed by atoms with van der Waals surface area (Å²) in [6, 6.07) is 7.14. The van der Waals surface area contributed by atoms with Gasteiger partial charge in [-0.1, -0.05) is 6.07 Å². The van der Waals surface area contributed by atoms with E-state index in [0.717, 1.165) is 69.3 Å². The minimum absolute atomic E-state index is 0. The molecule has 0 saturated carbocycles. The summed E-state index contributed by atoms with van der Waals surface area (Å²) in [6.07, 6.45) is 8.20. The highest BCUT2D eigenvalue weighted by atomic mass is 127. The summed E-state index contributed by atoms with van der Waals surface area (Å²) in [4.78, 5) is 10.8. The van der Waals surface area contributed by atoms with Crippen LogP contribution in [0.3, 0.4) is 0 Å². The number of piperidine rings is 1. The summed E-state index contributed by atoms with van der Waals surface area (Å²) < 4.78 is 15.7. The summed E-state index contributed by atoms with van der Waals surface area (Å²) in [5.74, 6) is 1.71. The van der Waals surface area contributed by atoms with E-state index >= 15 is 0 Å². The second-order valence-electron chi connectivity index (χ2n) is 7.28. The number of halogens is 2. The number of nitrogens with one attached hydrogen (secondary N) is 2. The smallest absolute Gasteiger partial charge is 0.191 e. The van der Waals surface area contributed by atoms with E-state index in [9.17, 15) is 4.39 Å². The largest absolute Gasteiger partial charge is 0.369 e. The second kappa shape index (κ2) is 12.0. The van der Waals surface area contributed by atoms with Crippen molar-refractivity contribution in [2.45, 2.75) is 45.2 Å². The average Bonchev–Trinajstić information content (AvgIpc) is 3.12. The Morgan fingerprint density at radius 3 is 2.93 bits per heavy atom. The lowest BCUT2D eigenvalue weighted by atomic mass is 10.0. The number of anilines is 1. The Bertz CT molecular complexity index is 778. The Morgan fingerprint density at radius 2 is 2.21 bits per heavy atom. The maximum atomic E-state index is 13.5. The highest BCUT2D eigenvalue weighted by molar-refractivity contribution is 14.0. The van der Waals surface area contributed by atoms with Crippen molar-refractivity contribution in [3.63, 3.8) is 0 Å². The first kappa shape index (κ1) is 23.4. The van der Waals surface area contributed by atoms with Gasteiger partial charge < -0.3 is 20.1 Å². The topological polar surface area (TPSA) is 57.5 Å². The fourth-order valence-electron chi connectivity index (χ4n) is 3.64. The van der Waals surface area contributed by atoms with Crippen molar-refractivity contribution in [3.05, 3.63) is 48.3 Å². The van der Waals surface area contributed by atoms with E-state index in [2.05, 4.69) is 30.1 Å². The van der Waals surface area contributed by atoms with Gasteiger partial charge in [-0.25, -0.2) is 9.37 Å². The molecule has 1 aromatic heterocycles. The van der Waals surface area contributed by atoms with E-state index in [0.29, 0.717) is 6.04 Å². The molecule has 2 N–H and O–H groups in total. The third kappa shape index (κ3) is 7.17. The molecule has 1 aliphatic heterocycles. The van der Waals surface area contributed by atoms with Gasteiger partial charge in [0.15, 0.2) is 5.96 Å². The number of aliphatic imine (C=N–C) groups is 1. The highest BCUT2D eigenvalue weighted by Crippen LogP contribution is 2.20. The fraction of sp³-hybridized carbons (Fsp3) is 0.524. The SMILES string of the molecule is CN=C(NCCCCn1ccnc1C)NC1CCCN(c2cccc(F)c2)C1.I. The number of rotatable bonds is 7. The van der Waals surface area contributed by atoms with Crippen molar-refractivity contribution in [1.82, 2.24) is 20.2 Å². The Morgan fingerprint density at radius 1 is 1.34 bits per heavy atom. The zero-order chi connectivity index (χ0) is 19.8. The molecule has 160 valence electrons. The third-order valence-corrected chi connectivity index (χ3v) is 5.20. The predicted molar refractivity (Wildman–Crippen MR) is 128 cm³/mol. The van der Waals surface area contributed by atoms with Crippen LogP contribution >= 0.6 is 24.0 Å². The molecule has 0 bridgehead atoms. The third-order valence-electron chi connectivity index (χ3n) is 5.20. The van der Waals surface area contributed by atoms with Gasteiger partial charge in [-0.15, -0.1) is 24.0 Å². The molecule has 0 radical (unpaired) electrons.